The van der Waals surface area contributed by atoms with Crippen LogP contribution in [0.2, 0.25) is 0 Å². The first-order valence-corrected chi connectivity index (χ1v) is 5.57. The van der Waals surface area contributed by atoms with Crippen LogP contribution in [0.4, 0.5) is 0 Å². The number of hydrogen-bond acceptors (Lipinski definition) is 4. The smallest absolute Gasteiger partial charge is 0.000813 e. The molecule has 0 atom stereocenters. The first kappa shape index (κ1) is 12.6. The molecule has 0 saturated carbocycles. The second kappa shape index (κ2) is 8.23. The van der Waals surface area contributed by atoms with E-state index in [1.54, 1.807) is 0 Å². The fourth-order valence-corrected chi connectivity index (χ4v) is 2.34. The second-order valence-corrected chi connectivity index (χ2v) is 3.73. The van der Waals surface area contributed by atoms with Gasteiger partial charge in [-0.15, -0.1) is 0 Å². The van der Waals surface area contributed by atoms with Crippen molar-refractivity contribution in [2.45, 2.75) is 0 Å². The second-order valence-electron chi connectivity index (χ2n) is 3.00. The summed E-state index contributed by atoms with van der Waals surface area (Å²) in [5, 5.41) is 6.39. The molecular weight excluding hydrogens is 188 g/mol. The van der Waals surface area contributed by atoms with Gasteiger partial charge in [-0.1, -0.05) is 0 Å². The summed E-state index contributed by atoms with van der Waals surface area (Å²) >= 11 is 8.63. The lowest BCUT2D eigenvalue weighted by molar-refractivity contribution is 0.373. The highest BCUT2D eigenvalue weighted by Crippen LogP contribution is 2.13. The van der Waals surface area contributed by atoms with Gasteiger partial charge in [0.05, 0.1) is 0 Å². The average Bonchev–Trinajstić information content (AvgIpc) is 2.07. The van der Waals surface area contributed by atoms with Crippen molar-refractivity contribution in [3.63, 3.8) is 0 Å². The number of nitrogens with one attached hydrogen (secondary N) is 2. The van der Waals surface area contributed by atoms with Crippen molar-refractivity contribution in [1.82, 2.24) is 10.6 Å². The molecule has 0 fully saturated rings. The van der Waals surface area contributed by atoms with Gasteiger partial charge in [-0.2, -0.15) is 25.3 Å². The van der Waals surface area contributed by atoms with E-state index in [-0.39, 0.29) is 0 Å². The minimum absolute atomic E-state index is 0.594. The number of thiol groups is 2. The standard InChI is InChI=1S/C8H20N2S2/c1-9-3-7(4-10-2)8(5-11)6-12/h7-12H,3-6H2,1-2H3. The highest BCUT2D eigenvalue weighted by atomic mass is 32.1. The SMILES string of the molecule is CNCC(CNC)C(CS)CS. The van der Waals surface area contributed by atoms with E-state index in [4.69, 9.17) is 0 Å². The van der Waals surface area contributed by atoms with Crippen LogP contribution in [0.15, 0.2) is 0 Å². The lowest BCUT2D eigenvalue weighted by Gasteiger charge is -2.23. The van der Waals surface area contributed by atoms with Crippen molar-refractivity contribution >= 4 is 25.3 Å². The Hall–Kier alpha value is 0.620. The van der Waals surface area contributed by atoms with E-state index in [1.807, 2.05) is 14.1 Å². The van der Waals surface area contributed by atoms with Gasteiger partial charge in [0, 0.05) is 0 Å². The van der Waals surface area contributed by atoms with Gasteiger partial charge < -0.3 is 10.6 Å². The zero-order valence-corrected chi connectivity index (χ0v) is 9.67. The monoisotopic (exact) mass is 208 g/mol. The molecule has 0 heterocycles. The van der Waals surface area contributed by atoms with Crippen molar-refractivity contribution in [1.29, 1.82) is 0 Å². The Morgan fingerprint density at radius 3 is 1.58 bits per heavy atom. The first-order chi connectivity index (χ1) is 5.79. The lowest BCUT2D eigenvalue weighted by atomic mass is 9.95. The molecule has 0 aliphatic rings. The van der Waals surface area contributed by atoms with Gasteiger partial charge in [0.1, 0.15) is 0 Å². The molecule has 0 rings (SSSR count). The number of hydrogen-bond donors (Lipinski definition) is 4. The molecule has 0 aromatic heterocycles. The molecule has 0 spiro atoms. The lowest BCUT2D eigenvalue weighted by Crippen LogP contribution is -2.35. The molecule has 0 unspecified atom stereocenters. The molecule has 0 radical (unpaired) electrons. The first-order valence-electron chi connectivity index (χ1n) is 4.31. The zero-order chi connectivity index (χ0) is 9.40. The van der Waals surface area contributed by atoms with Crippen LogP contribution < -0.4 is 10.6 Å². The molecule has 74 valence electrons. The molecule has 2 nitrogen and oxygen atoms in total. The minimum Gasteiger partial charge on any atom is -0.319 e. The summed E-state index contributed by atoms with van der Waals surface area (Å²) < 4.78 is 0. The van der Waals surface area contributed by atoms with Crippen molar-refractivity contribution in [3.8, 4) is 0 Å². The summed E-state index contributed by atoms with van der Waals surface area (Å²) in [5.41, 5.74) is 0. The summed E-state index contributed by atoms with van der Waals surface area (Å²) in [6.07, 6.45) is 0. The highest BCUT2D eigenvalue weighted by molar-refractivity contribution is 7.81. The molecule has 0 aromatic carbocycles. The topological polar surface area (TPSA) is 24.1 Å². The third kappa shape index (κ3) is 4.60. The molecule has 0 aromatic rings. The largest absolute Gasteiger partial charge is 0.319 e. The van der Waals surface area contributed by atoms with Gasteiger partial charge in [-0.25, -0.2) is 0 Å². The fraction of sp³-hybridized carbons (Fsp3) is 1.00. The van der Waals surface area contributed by atoms with Crippen LogP contribution in [0.25, 0.3) is 0 Å². The van der Waals surface area contributed by atoms with Crippen molar-refractivity contribution in [2.24, 2.45) is 11.8 Å². The quantitative estimate of drug-likeness (QED) is 0.459. The van der Waals surface area contributed by atoms with Gasteiger partial charge in [0.15, 0.2) is 0 Å². The van der Waals surface area contributed by atoms with Gasteiger partial charge in [-0.3, -0.25) is 0 Å². The van der Waals surface area contributed by atoms with Gasteiger partial charge in [-0.05, 0) is 50.5 Å². The van der Waals surface area contributed by atoms with E-state index < -0.39 is 0 Å². The summed E-state index contributed by atoms with van der Waals surface area (Å²) in [6.45, 7) is 2.07. The van der Waals surface area contributed by atoms with E-state index in [2.05, 4.69) is 35.9 Å². The molecule has 0 aliphatic heterocycles. The van der Waals surface area contributed by atoms with Crippen LogP contribution in [0, 0.1) is 11.8 Å². The fourth-order valence-electron chi connectivity index (χ4n) is 1.29. The van der Waals surface area contributed by atoms with E-state index in [0.29, 0.717) is 11.8 Å². The summed E-state index contributed by atoms with van der Waals surface area (Å²) in [6, 6.07) is 0. The molecule has 4 heteroatoms. The predicted octanol–water partition coefficient (Wildman–Crippen LogP) is 0.517. The molecular formula is C8H20N2S2. The number of rotatable bonds is 7. The van der Waals surface area contributed by atoms with Crippen LogP contribution in [0.1, 0.15) is 0 Å². The van der Waals surface area contributed by atoms with Gasteiger partial charge in [0.2, 0.25) is 0 Å². The van der Waals surface area contributed by atoms with Crippen molar-refractivity contribution < 1.29 is 0 Å². The summed E-state index contributed by atoms with van der Waals surface area (Å²) in [4.78, 5) is 0. The minimum atomic E-state index is 0.594. The Morgan fingerprint density at radius 1 is 0.917 bits per heavy atom. The third-order valence-corrected chi connectivity index (χ3v) is 3.01. The third-order valence-electron chi connectivity index (χ3n) is 2.07. The van der Waals surface area contributed by atoms with Crippen LogP contribution >= 0.6 is 25.3 Å². The maximum atomic E-state index is 4.32. The zero-order valence-electron chi connectivity index (χ0n) is 7.88. The van der Waals surface area contributed by atoms with E-state index in [1.165, 1.54) is 0 Å². The Morgan fingerprint density at radius 2 is 1.33 bits per heavy atom. The van der Waals surface area contributed by atoms with Gasteiger partial charge in [0.25, 0.3) is 0 Å². The molecule has 12 heavy (non-hydrogen) atoms. The van der Waals surface area contributed by atoms with Crippen LogP contribution in [0.3, 0.4) is 0 Å². The molecule has 0 saturated heterocycles. The summed E-state index contributed by atoms with van der Waals surface area (Å²) in [7, 11) is 3.97. The van der Waals surface area contributed by atoms with Crippen molar-refractivity contribution in [3.05, 3.63) is 0 Å². The van der Waals surface area contributed by atoms with E-state index >= 15 is 0 Å². The maximum absolute atomic E-state index is 4.32. The Labute approximate surface area is 86.7 Å². The van der Waals surface area contributed by atoms with Crippen molar-refractivity contribution in [2.75, 3.05) is 38.7 Å². The molecule has 0 amide bonds. The normalized spacial score (nSPS) is 11.5. The Kier molecular flexibility index (Phi) is 8.65. The molecule has 2 N–H and O–H groups in total. The van der Waals surface area contributed by atoms with Gasteiger partial charge >= 0.3 is 0 Å². The van der Waals surface area contributed by atoms with Crippen LogP contribution in [-0.4, -0.2) is 38.7 Å². The highest BCUT2D eigenvalue weighted by Gasteiger charge is 2.17. The molecule has 0 bridgehead atoms. The Bertz CT molecular complexity index is 91.1. The van der Waals surface area contributed by atoms with E-state index in [0.717, 1.165) is 24.6 Å². The molecule has 0 aliphatic carbocycles. The maximum Gasteiger partial charge on any atom is -0.000813 e. The average molecular weight is 208 g/mol. The van der Waals surface area contributed by atoms with Crippen LogP contribution in [0.5, 0.6) is 0 Å². The Balaban J connectivity index is 3.86. The van der Waals surface area contributed by atoms with Crippen LogP contribution in [-0.2, 0) is 0 Å². The predicted molar refractivity (Wildman–Crippen MR) is 62.5 cm³/mol. The summed E-state index contributed by atoms with van der Waals surface area (Å²) in [5.74, 6) is 3.06. The van der Waals surface area contributed by atoms with E-state index in [9.17, 15) is 0 Å².